The molecule has 1 aromatic rings. The Morgan fingerprint density at radius 2 is 2.24 bits per heavy atom. The molecule has 17 heavy (non-hydrogen) atoms. The van der Waals surface area contributed by atoms with Gasteiger partial charge in [0.15, 0.2) is 0 Å². The van der Waals surface area contributed by atoms with E-state index in [9.17, 15) is 4.79 Å². The van der Waals surface area contributed by atoms with Gasteiger partial charge in [-0.1, -0.05) is 11.6 Å². The van der Waals surface area contributed by atoms with E-state index >= 15 is 0 Å². The maximum absolute atomic E-state index is 10.8. The zero-order valence-electron chi connectivity index (χ0n) is 10.2. The lowest BCUT2D eigenvalue weighted by molar-refractivity contribution is -0.118. The van der Waals surface area contributed by atoms with Crippen molar-refractivity contribution >= 4 is 23.2 Å². The van der Waals surface area contributed by atoms with E-state index < -0.39 is 0 Å². The van der Waals surface area contributed by atoms with E-state index in [-0.39, 0.29) is 18.4 Å². The molecule has 0 spiro atoms. The first-order valence-electron chi connectivity index (χ1n) is 5.33. The summed E-state index contributed by atoms with van der Waals surface area (Å²) in [6.07, 6.45) is 0.269. The van der Waals surface area contributed by atoms with E-state index in [1.54, 1.807) is 13.2 Å². The van der Waals surface area contributed by atoms with Crippen molar-refractivity contribution in [2.75, 3.05) is 12.4 Å². The predicted molar refractivity (Wildman–Crippen MR) is 69.6 cm³/mol. The molecule has 3 N–H and O–H groups in total. The quantitative estimate of drug-likeness (QED) is 0.850. The highest BCUT2D eigenvalue weighted by molar-refractivity contribution is 6.31. The van der Waals surface area contributed by atoms with Gasteiger partial charge in [0.2, 0.25) is 5.91 Å². The third-order valence-electron chi connectivity index (χ3n) is 2.39. The van der Waals surface area contributed by atoms with Crippen molar-refractivity contribution in [3.63, 3.8) is 0 Å². The standard InChI is InChI=1S/C12H17ClN2O2/c1-7-4-10(11(17-3)6-9(7)13)15-8(2)5-12(14)16/h4,6,8,15H,5H2,1-3H3,(H2,14,16). The molecule has 0 aliphatic rings. The number of amides is 1. The Morgan fingerprint density at radius 1 is 1.59 bits per heavy atom. The molecule has 94 valence electrons. The summed E-state index contributed by atoms with van der Waals surface area (Å²) in [5, 5.41) is 3.82. The minimum atomic E-state index is -0.338. The first-order chi connectivity index (χ1) is 7.93. The summed E-state index contributed by atoms with van der Waals surface area (Å²) >= 11 is 6.00. The number of benzene rings is 1. The molecular weight excluding hydrogens is 240 g/mol. The third-order valence-corrected chi connectivity index (χ3v) is 2.80. The number of anilines is 1. The van der Waals surface area contributed by atoms with Crippen LogP contribution in [-0.2, 0) is 4.79 Å². The molecule has 0 fully saturated rings. The fraction of sp³-hybridized carbons (Fsp3) is 0.417. The largest absolute Gasteiger partial charge is 0.495 e. The number of carbonyl (C=O) groups excluding carboxylic acids is 1. The fourth-order valence-corrected chi connectivity index (χ4v) is 1.72. The van der Waals surface area contributed by atoms with Gasteiger partial charge in [-0.3, -0.25) is 4.79 Å². The molecule has 0 heterocycles. The van der Waals surface area contributed by atoms with Crippen molar-refractivity contribution in [1.29, 1.82) is 0 Å². The average molecular weight is 257 g/mol. The van der Waals surface area contributed by atoms with Crippen LogP contribution in [0, 0.1) is 6.92 Å². The molecule has 0 aromatic heterocycles. The molecule has 0 aliphatic heterocycles. The minimum Gasteiger partial charge on any atom is -0.495 e. The highest BCUT2D eigenvalue weighted by Crippen LogP contribution is 2.31. The van der Waals surface area contributed by atoms with Crippen LogP contribution in [-0.4, -0.2) is 19.1 Å². The summed E-state index contributed by atoms with van der Waals surface area (Å²) in [7, 11) is 1.57. The molecular formula is C12H17ClN2O2. The van der Waals surface area contributed by atoms with Crippen molar-refractivity contribution in [3.8, 4) is 5.75 Å². The lowest BCUT2D eigenvalue weighted by Crippen LogP contribution is -2.24. The van der Waals surface area contributed by atoms with Gasteiger partial charge in [-0.2, -0.15) is 0 Å². The Kier molecular flexibility index (Phi) is 4.63. The van der Waals surface area contributed by atoms with E-state index in [0.29, 0.717) is 10.8 Å². The van der Waals surface area contributed by atoms with Gasteiger partial charge in [-0.05, 0) is 25.5 Å². The van der Waals surface area contributed by atoms with E-state index in [0.717, 1.165) is 11.3 Å². The Balaban J connectivity index is 2.89. The van der Waals surface area contributed by atoms with Crippen LogP contribution >= 0.6 is 11.6 Å². The lowest BCUT2D eigenvalue weighted by Gasteiger charge is -2.17. The van der Waals surface area contributed by atoms with Gasteiger partial charge in [-0.15, -0.1) is 0 Å². The van der Waals surface area contributed by atoms with E-state index in [4.69, 9.17) is 22.1 Å². The first kappa shape index (κ1) is 13.6. The smallest absolute Gasteiger partial charge is 0.219 e. The van der Waals surface area contributed by atoms with Crippen molar-refractivity contribution in [3.05, 3.63) is 22.7 Å². The van der Waals surface area contributed by atoms with Crippen LogP contribution in [0.5, 0.6) is 5.75 Å². The highest BCUT2D eigenvalue weighted by atomic mass is 35.5. The Hall–Kier alpha value is -1.42. The first-order valence-corrected chi connectivity index (χ1v) is 5.70. The van der Waals surface area contributed by atoms with Crippen molar-refractivity contribution in [2.24, 2.45) is 5.73 Å². The van der Waals surface area contributed by atoms with Gasteiger partial charge < -0.3 is 15.8 Å². The van der Waals surface area contributed by atoms with Crippen LogP contribution in [0.3, 0.4) is 0 Å². The van der Waals surface area contributed by atoms with Gasteiger partial charge in [-0.25, -0.2) is 0 Å². The molecule has 0 saturated heterocycles. The topological polar surface area (TPSA) is 64.3 Å². The molecule has 1 amide bonds. The lowest BCUT2D eigenvalue weighted by atomic mass is 10.1. The number of methoxy groups -OCH3 is 1. The number of nitrogens with one attached hydrogen (secondary N) is 1. The van der Waals surface area contributed by atoms with Crippen LogP contribution in [0.15, 0.2) is 12.1 Å². The number of ether oxygens (including phenoxy) is 1. The van der Waals surface area contributed by atoms with E-state index in [2.05, 4.69) is 5.32 Å². The van der Waals surface area contributed by atoms with Crippen LogP contribution in [0.1, 0.15) is 18.9 Å². The number of hydrogen-bond acceptors (Lipinski definition) is 3. The van der Waals surface area contributed by atoms with Gasteiger partial charge in [0.05, 0.1) is 12.8 Å². The molecule has 1 unspecified atom stereocenters. The van der Waals surface area contributed by atoms with Crippen molar-refractivity contribution in [2.45, 2.75) is 26.3 Å². The Bertz CT molecular complexity index is 421. The van der Waals surface area contributed by atoms with Gasteiger partial charge in [0.25, 0.3) is 0 Å². The number of halogens is 1. The number of nitrogens with two attached hydrogens (primary N) is 1. The summed E-state index contributed by atoms with van der Waals surface area (Å²) in [5.74, 6) is 0.312. The van der Waals surface area contributed by atoms with Crippen molar-refractivity contribution < 1.29 is 9.53 Å². The third kappa shape index (κ3) is 3.82. The molecule has 0 bridgehead atoms. The summed E-state index contributed by atoms with van der Waals surface area (Å²) in [4.78, 5) is 10.8. The van der Waals surface area contributed by atoms with Gasteiger partial charge in [0, 0.05) is 23.6 Å². The average Bonchev–Trinajstić information content (AvgIpc) is 2.21. The van der Waals surface area contributed by atoms with Crippen LogP contribution < -0.4 is 15.8 Å². The van der Waals surface area contributed by atoms with E-state index in [1.165, 1.54) is 0 Å². The number of primary amides is 1. The molecule has 0 saturated carbocycles. The number of rotatable bonds is 5. The second kappa shape index (κ2) is 5.77. The number of carbonyl (C=O) groups is 1. The molecule has 5 heteroatoms. The second-order valence-corrected chi connectivity index (χ2v) is 4.42. The molecule has 1 atom stereocenters. The maximum Gasteiger partial charge on any atom is 0.219 e. The zero-order valence-corrected chi connectivity index (χ0v) is 11.0. The summed E-state index contributed by atoms with van der Waals surface area (Å²) in [6, 6.07) is 3.58. The highest BCUT2D eigenvalue weighted by Gasteiger charge is 2.11. The molecule has 4 nitrogen and oxygen atoms in total. The Labute approximate surface area is 106 Å². The van der Waals surface area contributed by atoms with Gasteiger partial charge >= 0.3 is 0 Å². The fourth-order valence-electron chi connectivity index (χ4n) is 1.56. The molecule has 1 rings (SSSR count). The van der Waals surface area contributed by atoms with Crippen LogP contribution in [0.4, 0.5) is 5.69 Å². The normalized spacial score (nSPS) is 12.0. The monoisotopic (exact) mass is 256 g/mol. The molecule has 1 aromatic carbocycles. The summed E-state index contributed by atoms with van der Waals surface area (Å²) < 4.78 is 5.22. The summed E-state index contributed by atoms with van der Waals surface area (Å²) in [6.45, 7) is 3.79. The molecule has 0 radical (unpaired) electrons. The van der Waals surface area contributed by atoms with Crippen LogP contribution in [0.2, 0.25) is 5.02 Å². The number of hydrogen-bond donors (Lipinski definition) is 2. The second-order valence-electron chi connectivity index (χ2n) is 4.02. The number of aryl methyl sites for hydroxylation is 1. The predicted octanol–water partition coefficient (Wildman–Crippen LogP) is 2.33. The maximum atomic E-state index is 10.8. The van der Waals surface area contributed by atoms with E-state index in [1.807, 2.05) is 19.9 Å². The van der Waals surface area contributed by atoms with Crippen LogP contribution in [0.25, 0.3) is 0 Å². The molecule has 0 aliphatic carbocycles. The summed E-state index contributed by atoms with van der Waals surface area (Å²) in [5.41, 5.74) is 6.89. The Morgan fingerprint density at radius 3 is 2.76 bits per heavy atom. The zero-order chi connectivity index (χ0) is 13.0. The SMILES string of the molecule is COc1cc(Cl)c(C)cc1NC(C)CC(N)=O. The van der Waals surface area contributed by atoms with Gasteiger partial charge in [0.1, 0.15) is 5.75 Å². The van der Waals surface area contributed by atoms with Crippen molar-refractivity contribution in [1.82, 2.24) is 0 Å². The minimum absolute atomic E-state index is 0.0537.